The van der Waals surface area contributed by atoms with Crippen LogP contribution in [-0.2, 0) is 0 Å². The van der Waals surface area contributed by atoms with E-state index in [9.17, 15) is 5.11 Å². The zero-order valence-electron chi connectivity index (χ0n) is 14.5. The second-order valence-electron chi connectivity index (χ2n) is 5.95. The van der Waals surface area contributed by atoms with Crippen LogP contribution in [0.5, 0.6) is 11.5 Å². The minimum absolute atomic E-state index is 0.0986. The molecule has 1 heterocycles. The molecule has 1 aromatic heterocycles. The SMILES string of the molecule is COc1cc(-c2cncc(N[C@H](C)c3ccc(C)cc3)n2)ccc1O. The molecule has 0 spiro atoms. The normalized spacial score (nSPS) is 11.8. The molecule has 0 radical (unpaired) electrons. The highest BCUT2D eigenvalue weighted by Crippen LogP contribution is 2.31. The summed E-state index contributed by atoms with van der Waals surface area (Å²) in [5.74, 6) is 1.20. The Morgan fingerprint density at radius 3 is 2.56 bits per heavy atom. The molecule has 0 fully saturated rings. The first-order valence-electron chi connectivity index (χ1n) is 8.09. The highest BCUT2D eigenvalue weighted by atomic mass is 16.5. The van der Waals surface area contributed by atoms with Gasteiger partial charge in [0.05, 0.1) is 25.2 Å². The maximum atomic E-state index is 9.73. The average Bonchev–Trinajstić information content (AvgIpc) is 2.63. The van der Waals surface area contributed by atoms with Gasteiger partial charge in [0, 0.05) is 11.6 Å². The van der Waals surface area contributed by atoms with Crippen LogP contribution in [0.1, 0.15) is 24.1 Å². The summed E-state index contributed by atoms with van der Waals surface area (Å²) in [5.41, 5.74) is 3.95. The van der Waals surface area contributed by atoms with Gasteiger partial charge in [0.15, 0.2) is 11.5 Å². The molecule has 1 atom stereocenters. The van der Waals surface area contributed by atoms with Gasteiger partial charge in [-0.1, -0.05) is 29.8 Å². The van der Waals surface area contributed by atoms with Gasteiger partial charge in [0.2, 0.25) is 0 Å². The number of rotatable bonds is 5. The zero-order valence-corrected chi connectivity index (χ0v) is 14.5. The fourth-order valence-electron chi connectivity index (χ4n) is 2.57. The number of methoxy groups -OCH3 is 1. The molecule has 2 N–H and O–H groups in total. The maximum absolute atomic E-state index is 9.73. The van der Waals surface area contributed by atoms with Gasteiger partial charge in [0.25, 0.3) is 0 Å². The number of ether oxygens (including phenoxy) is 1. The van der Waals surface area contributed by atoms with Crippen LogP contribution in [0.25, 0.3) is 11.3 Å². The first-order chi connectivity index (χ1) is 12.1. The summed E-state index contributed by atoms with van der Waals surface area (Å²) in [4.78, 5) is 8.89. The minimum atomic E-state index is 0.0986. The molecule has 2 aromatic carbocycles. The van der Waals surface area contributed by atoms with Crippen molar-refractivity contribution < 1.29 is 9.84 Å². The Balaban J connectivity index is 1.83. The van der Waals surface area contributed by atoms with Gasteiger partial charge in [-0.15, -0.1) is 0 Å². The van der Waals surface area contributed by atoms with Crippen molar-refractivity contribution in [1.29, 1.82) is 0 Å². The van der Waals surface area contributed by atoms with E-state index < -0.39 is 0 Å². The molecule has 0 amide bonds. The largest absolute Gasteiger partial charge is 0.504 e. The van der Waals surface area contributed by atoms with Crippen LogP contribution >= 0.6 is 0 Å². The molecule has 0 aliphatic heterocycles. The first-order valence-corrected chi connectivity index (χ1v) is 8.09. The molecule has 0 saturated heterocycles. The summed E-state index contributed by atoms with van der Waals surface area (Å²) in [6, 6.07) is 13.6. The van der Waals surface area contributed by atoms with E-state index in [4.69, 9.17) is 4.74 Å². The molecule has 5 heteroatoms. The fraction of sp³-hybridized carbons (Fsp3) is 0.200. The van der Waals surface area contributed by atoms with E-state index in [0.717, 1.165) is 5.56 Å². The van der Waals surface area contributed by atoms with Crippen molar-refractivity contribution in [3.63, 3.8) is 0 Å². The van der Waals surface area contributed by atoms with Crippen molar-refractivity contribution >= 4 is 5.82 Å². The van der Waals surface area contributed by atoms with Crippen LogP contribution in [0, 0.1) is 6.92 Å². The van der Waals surface area contributed by atoms with Crippen LogP contribution in [0.2, 0.25) is 0 Å². The first kappa shape index (κ1) is 16.8. The highest BCUT2D eigenvalue weighted by molar-refractivity contribution is 5.64. The van der Waals surface area contributed by atoms with Gasteiger partial charge < -0.3 is 15.2 Å². The molecule has 0 aliphatic carbocycles. The molecule has 5 nitrogen and oxygen atoms in total. The molecular formula is C20H21N3O2. The smallest absolute Gasteiger partial charge is 0.161 e. The third-order valence-electron chi connectivity index (χ3n) is 4.05. The van der Waals surface area contributed by atoms with Crippen molar-refractivity contribution in [2.45, 2.75) is 19.9 Å². The molecule has 0 bridgehead atoms. The summed E-state index contributed by atoms with van der Waals surface area (Å²) in [6.07, 6.45) is 3.39. The van der Waals surface area contributed by atoms with Gasteiger partial charge in [0.1, 0.15) is 5.82 Å². The monoisotopic (exact) mass is 335 g/mol. The molecule has 0 saturated carbocycles. The summed E-state index contributed by atoms with van der Waals surface area (Å²) in [7, 11) is 1.52. The number of phenolic OH excluding ortho intramolecular Hbond substituents is 1. The minimum Gasteiger partial charge on any atom is -0.504 e. The Labute approximate surface area is 147 Å². The summed E-state index contributed by atoms with van der Waals surface area (Å²) >= 11 is 0. The fourth-order valence-corrected chi connectivity index (χ4v) is 2.57. The van der Waals surface area contributed by atoms with E-state index in [2.05, 4.69) is 53.4 Å². The van der Waals surface area contributed by atoms with Gasteiger partial charge in [-0.3, -0.25) is 4.98 Å². The predicted octanol–water partition coefficient (Wildman–Crippen LogP) is 4.34. The number of aromatic hydroxyl groups is 1. The lowest BCUT2D eigenvalue weighted by Gasteiger charge is -2.15. The van der Waals surface area contributed by atoms with Crippen LogP contribution in [0.3, 0.4) is 0 Å². The number of anilines is 1. The maximum Gasteiger partial charge on any atom is 0.161 e. The number of phenols is 1. The van der Waals surface area contributed by atoms with Crippen molar-refractivity contribution in [2.75, 3.05) is 12.4 Å². The zero-order chi connectivity index (χ0) is 17.8. The lowest BCUT2D eigenvalue weighted by atomic mass is 10.1. The van der Waals surface area contributed by atoms with Gasteiger partial charge in [-0.05, 0) is 37.6 Å². The Bertz CT molecular complexity index is 863. The second-order valence-corrected chi connectivity index (χ2v) is 5.95. The molecule has 3 aromatic rings. The Morgan fingerprint density at radius 1 is 1.08 bits per heavy atom. The van der Waals surface area contributed by atoms with E-state index in [0.29, 0.717) is 17.3 Å². The lowest BCUT2D eigenvalue weighted by molar-refractivity contribution is 0.373. The Kier molecular flexibility index (Phi) is 4.84. The van der Waals surface area contributed by atoms with E-state index in [-0.39, 0.29) is 11.8 Å². The van der Waals surface area contributed by atoms with E-state index in [1.54, 1.807) is 30.6 Å². The third-order valence-corrected chi connectivity index (χ3v) is 4.05. The number of hydrogen-bond donors (Lipinski definition) is 2. The molecule has 0 unspecified atom stereocenters. The van der Waals surface area contributed by atoms with E-state index in [1.807, 2.05) is 0 Å². The molecule has 128 valence electrons. The lowest BCUT2D eigenvalue weighted by Crippen LogP contribution is -2.08. The number of nitrogens with one attached hydrogen (secondary N) is 1. The molecular weight excluding hydrogens is 314 g/mol. The van der Waals surface area contributed by atoms with Crippen LogP contribution in [0.4, 0.5) is 5.82 Å². The van der Waals surface area contributed by atoms with Crippen molar-refractivity contribution in [1.82, 2.24) is 9.97 Å². The molecule has 25 heavy (non-hydrogen) atoms. The summed E-state index contributed by atoms with van der Waals surface area (Å²) < 4.78 is 5.16. The number of nitrogens with zero attached hydrogens (tertiary/aromatic N) is 2. The number of aryl methyl sites for hydroxylation is 1. The van der Waals surface area contributed by atoms with Crippen molar-refractivity contribution in [3.8, 4) is 22.8 Å². The quantitative estimate of drug-likeness (QED) is 0.726. The van der Waals surface area contributed by atoms with Crippen LogP contribution < -0.4 is 10.1 Å². The summed E-state index contributed by atoms with van der Waals surface area (Å²) in [6.45, 7) is 4.16. The van der Waals surface area contributed by atoms with E-state index in [1.165, 1.54) is 18.2 Å². The predicted molar refractivity (Wildman–Crippen MR) is 98.9 cm³/mol. The van der Waals surface area contributed by atoms with Crippen molar-refractivity contribution in [2.24, 2.45) is 0 Å². The average molecular weight is 335 g/mol. The number of hydrogen-bond acceptors (Lipinski definition) is 5. The standard InChI is InChI=1S/C20H21N3O2/c1-13-4-6-15(7-5-13)14(2)22-20-12-21-11-17(23-20)16-8-9-18(24)19(10-16)25-3/h4-12,14,24H,1-3H3,(H,22,23)/t14-/m1/s1. The van der Waals surface area contributed by atoms with Crippen molar-refractivity contribution in [3.05, 3.63) is 66.0 Å². The number of benzene rings is 2. The second kappa shape index (κ2) is 7.21. The Morgan fingerprint density at radius 2 is 1.84 bits per heavy atom. The molecule has 0 aliphatic rings. The third kappa shape index (κ3) is 3.88. The summed E-state index contributed by atoms with van der Waals surface area (Å²) in [5, 5.41) is 13.1. The van der Waals surface area contributed by atoms with Gasteiger partial charge in [-0.25, -0.2) is 4.98 Å². The van der Waals surface area contributed by atoms with Gasteiger partial charge in [-0.2, -0.15) is 0 Å². The molecule has 3 rings (SSSR count). The van der Waals surface area contributed by atoms with Crippen LogP contribution in [-0.4, -0.2) is 22.2 Å². The van der Waals surface area contributed by atoms with Gasteiger partial charge >= 0.3 is 0 Å². The topological polar surface area (TPSA) is 67.3 Å². The highest BCUT2D eigenvalue weighted by Gasteiger charge is 2.09. The van der Waals surface area contributed by atoms with Crippen LogP contribution in [0.15, 0.2) is 54.9 Å². The Hall–Kier alpha value is -3.08. The van der Waals surface area contributed by atoms with E-state index >= 15 is 0 Å². The number of aromatic nitrogens is 2.